The van der Waals surface area contributed by atoms with Crippen molar-refractivity contribution in [3.8, 4) is 5.75 Å². The van der Waals surface area contributed by atoms with Crippen LogP contribution in [0.5, 0.6) is 5.75 Å². The molecule has 2 heterocycles. The summed E-state index contributed by atoms with van der Waals surface area (Å²) in [6, 6.07) is 10.7. The van der Waals surface area contributed by atoms with Crippen LogP contribution in [0.1, 0.15) is 57.9 Å². The molecule has 0 saturated heterocycles. The fraction of sp³-hybridized carbons (Fsp3) is 0.304. The molecule has 1 unspecified atom stereocenters. The van der Waals surface area contributed by atoms with E-state index in [-0.39, 0.29) is 17.3 Å². The summed E-state index contributed by atoms with van der Waals surface area (Å²) in [5.41, 5.74) is 2.80. The van der Waals surface area contributed by atoms with Gasteiger partial charge >= 0.3 is 0 Å². The lowest BCUT2D eigenvalue weighted by atomic mass is 9.87. The predicted octanol–water partition coefficient (Wildman–Crippen LogP) is 2.99. The number of rotatable bonds is 3. The van der Waals surface area contributed by atoms with Gasteiger partial charge in [-0.1, -0.05) is 38.1 Å². The molecule has 2 aromatic carbocycles. The number of carbonyl (C=O) groups is 2. The lowest BCUT2D eigenvalue weighted by Crippen LogP contribution is -3.12. The molecule has 142 valence electrons. The van der Waals surface area contributed by atoms with Crippen LogP contribution >= 0.6 is 0 Å². The van der Waals surface area contributed by atoms with Gasteiger partial charge in [-0.3, -0.25) is 14.5 Å². The van der Waals surface area contributed by atoms with Crippen LogP contribution in [-0.4, -0.2) is 24.8 Å². The van der Waals surface area contributed by atoms with Crippen molar-refractivity contribution in [1.29, 1.82) is 0 Å². The third-order valence-corrected chi connectivity index (χ3v) is 5.70. The molecule has 1 aliphatic heterocycles. The van der Waals surface area contributed by atoms with Gasteiger partial charge in [-0.2, -0.15) is 0 Å². The molecule has 0 saturated carbocycles. The Labute approximate surface area is 162 Å². The van der Waals surface area contributed by atoms with Crippen molar-refractivity contribution in [3.63, 3.8) is 0 Å². The second-order valence-electron chi connectivity index (χ2n) is 8.08. The van der Waals surface area contributed by atoms with Crippen LogP contribution in [0.2, 0.25) is 0 Å². The van der Waals surface area contributed by atoms with Gasteiger partial charge in [-0.05, 0) is 24.5 Å². The van der Waals surface area contributed by atoms with Gasteiger partial charge in [-0.25, -0.2) is 0 Å². The molecule has 0 bridgehead atoms. The van der Waals surface area contributed by atoms with Crippen molar-refractivity contribution < 1.29 is 23.6 Å². The molecule has 2 aliphatic rings. The fourth-order valence-corrected chi connectivity index (χ4v) is 4.16. The summed E-state index contributed by atoms with van der Waals surface area (Å²) < 4.78 is 12.0. The molecule has 0 fully saturated rings. The molecule has 0 radical (unpaired) electrons. The fourth-order valence-electron chi connectivity index (χ4n) is 4.16. The highest BCUT2D eigenvalue weighted by atomic mass is 16.5. The highest BCUT2D eigenvalue weighted by Crippen LogP contribution is 2.39. The van der Waals surface area contributed by atoms with Crippen LogP contribution in [0.4, 0.5) is 0 Å². The van der Waals surface area contributed by atoms with Gasteiger partial charge in [0, 0.05) is 16.5 Å². The summed E-state index contributed by atoms with van der Waals surface area (Å²) in [6.07, 6.45) is 1.12. The van der Waals surface area contributed by atoms with Gasteiger partial charge in [0.25, 0.3) is 0 Å². The lowest BCUT2D eigenvalue weighted by Gasteiger charge is -2.26. The highest BCUT2D eigenvalue weighted by molar-refractivity contribution is 6.31. The van der Waals surface area contributed by atoms with Crippen LogP contribution in [0.3, 0.4) is 0 Å². The van der Waals surface area contributed by atoms with Crippen LogP contribution in [0.15, 0.2) is 40.8 Å². The van der Waals surface area contributed by atoms with Crippen LogP contribution in [0, 0.1) is 5.92 Å². The first-order valence-electron chi connectivity index (χ1n) is 9.77. The SMILES string of the molecule is CC(C)CC[NH+]1COc2ccc3c4c(oc3c2C1)C(=O)c1ccccc1C4=O. The number of ether oxygens (including phenoxy) is 1. The minimum absolute atomic E-state index is 0.148. The average Bonchev–Trinajstić information content (AvgIpc) is 3.11. The second-order valence-corrected chi connectivity index (χ2v) is 8.08. The topological polar surface area (TPSA) is 61.0 Å². The van der Waals surface area contributed by atoms with Crippen molar-refractivity contribution in [2.45, 2.75) is 26.8 Å². The molecule has 5 nitrogen and oxygen atoms in total. The number of carbonyl (C=O) groups excluding carboxylic acids is 2. The monoisotopic (exact) mass is 376 g/mol. The molecule has 1 aliphatic carbocycles. The van der Waals surface area contributed by atoms with Crippen LogP contribution in [-0.2, 0) is 6.54 Å². The number of quaternary nitrogens is 1. The van der Waals surface area contributed by atoms with Crippen LogP contribution < -0.4 is 9.64 Å². The quantitative estimate of drug-likeness (QED) is 0.597. The molecular formula is C23H22NO4+. The van der Waals surface area contributed by atoms with E-state index in [2.05, 4.69) is 13.8 Å². The van der Waals surface area contributed by atoms with Crippen molar-refractivity contribution in [2.24, 2.45) is 5.92 Å². The molecule has 28 heavy (non-hydrogen) atoms. The predicted molar refractivity (Wildman–Crippen MR) is 104 cm³/mol. The number of ketones is 2. The highest BCUT2D eigenvalue weighted by Gasteiger charge is 2.36. The van der Waals surface area contributed by atoms with E-state index in [1.165, 1.54) is 4.90 Å². The largest absolute Gasteiger partial charge is 0.451 e. The zero-order valence-electron chi connectivity index (χ0n) is 16.0. The Bertz CT molecular complexity index is 1130. The zero-order valence-corrected chi connectivity index (χ0v) is 16.0. The Hall–Kier alpha value is -2.92. The summed E-state index contributed by atoms with van der Waals surface area (Å²) in [5.74, 6) is 1.19. The van der Waals surface area contributed by atoms with E-state index in [4.69, 9.17) is 9.15 Å². The first-order chi connectivity index (χ1) is 13.5. The Morgan fingerprint density at radius 3 is 2.54 bits per heavy atom. The van der Waals surface area contributed by atoms with Crippen molar-refractivity contribution in [3.05, 3.63) is 64.4 Å². The summed E-state index contributed by atoms with van der Waals surface area (Å²) in [7, 11) is 0. The molecule has 5 heteroatoms. The zero-order chi connectivity index (χ0) is 19.4. The second kappa shape index (κ2) is 6.31. The van der Waals surface area contributed by atoms with Gasteiger partial charge in [0.15, 0.2) is 11.5 Å². The third-order valence-electron chi connectivity index (χ3n) is 5.70. The number of nitrogens with one attached hydrogen (secondary N) is 1. The number of fused-ring (bicyclic) bond motifs is 6. The van der Waals surface area contributed by atoms with E-state index in [9.17, 15) is 9.59 Å². The first kappa shape index (κ1) is 17.2. The maximum atomic E-state index is 13.1. The molecule has 5 rings (SSSR count). The molecule has 0 spiro atoms. The van der Waals surface area contributed by atoms with Gasteiger partial charge in [0.1, 0.15) is 17.9 Å². The summed E-state index contributed by atoms with van der Waals surface area (Å²) >= 11 is 0. The van der Waals surface area contributed by atoms with E-state index >= 15 is 0 Å². The molecule has 1 aromatic heterocycles. The number of furan rings is 1. The smallest absolute Gasteiger partial charge is 0.229 e. The van der Waals surface area contributed by atoms with Crippen molar-refractivity contribution >= 4 is 22.5 Å². The van der Waals surface area contributed by atoms with Gasteiger partial charge in [0.2, 0.25) is 12.5 Å². The number of benzene rings is 2. The van der Waals surface area contributed by atoms with Crippen molar-refractivity contribution in [1.82, 2.24) is 0 Å². The Balaban J connectivity index is 1.62. The van der Waals surface area contributed by atoms with Gasteiger partial charge in [0.05, 0.1) is 17.7 Å². The van der Waals surface area contributed by atoms with Gasteiger partial charge in [-0.15, -0.1) is 0 Å². The van der Waals surface area contributed by atoms with Gasteiger partial charge < -0.3 is 9.15 Å². The lowest BCUT2D eigenvalue weighted by molar-refractivity contribution is -0.933. The standard InChI is InChI=1S/C23H21NO4/c1-13(2)9-10-24-11-17-18(27-12-24)8-7-16-19-20(25)14-5-3-4-6-15(14)21(26)23(19)28-22(16)17/h3-8,13H,9-12H2,1-2H3/p+1. The Kier molecular flexibility index (Phi) is 3.88. The Morgan fingerprint density at radius 2 is 1.79 bits per heavy atom. The van der Waals surface area contributed by atoms with Crippen LogP contribution in [0.25, 0.3) is 11.0 Å². The van der Waals surface area contributed by atoms with E-state index in [0.29, 0.717) is 40.3 Å². The van der Waals surface area contributed by atoms with E-state index < -0.39 is 0 Å². The summed E-state index contributed by atoms with van der Waals surface area (Å²) in [5, 5.41) is 0.704. The molecule has 1 atom stereocenters. The molecule has 3 aromatic rings. The first-order valence-corrected chi connectivity index (χ1v) is 9.77. The maximum absolute atomic E-state index is 13.1. The summed E-state index contributed by atoms with van der Waals surface area (Å²) in [6.45, 7) is 6.82. The number of hydrogen-bond donors (Lipinski definition) is 1. The van der Waals surface area contributed by atoms with Crippen molar-refractivity contribution in [2.75, 3.05) is 13.3 Å². The minimum Gasteiger partial charge on any atom is -0.451 e. The Morgan fingerprint density at radius 1 is 1.04 bits per heavy atom. The number of hydrogen-bond acceptors (Lipinski definition) is 4. The average molecular weight is 376 g/mol. The van der Waals surface area contributed by atoms with E-state index in [0.717, 1.165) is 30.8 Å². The van der Waals surface area contributed by atoms with E-state index in [1.807, 2.05) is 12.1 Å². The molecular weight excluding hydrogens is 354 g/mol. The van der Waals surface area contributed by atoms with E-state index in [1.54, 1.807) is 24.3 Å². The normalized spacial score (nSPS) is 18.0. The molecule has 1 N–H and O–H groups in total. The maximum Gasteiger partial charge on any atom is 0.229 e. The minimum atomic E-state index is -0.226. The molecule has 0 amide bonds. The third kappa shape index (κ3) is 2.50. The summed E-state index contributed by atoms with van der Waals surface area (Å²) in [4.78, 5) is 27.4.